The Bertz CT molecular complexity index is 1080. The summed E-state index contributed by atoms with van der Waals surface area (Å²) in [5.74, 6) is -0.999. The van der Waals surface area contributed by atoms with Crippen molar-refractivity contribution in [2.75, 3.05) is 26.1 Å². The molecule has 192 valence electrons. The van der Waals surface area contributed by atoms with Crippen LogP contribution in [0.4, 0.5) is 0 Å². The van der Waals surface area contributed by atoms with Gasteiger partial charge in [-0.2, -0.15) is 8.42 Å². The summed E-state index contributed by atoms with van der Waals surface area (Å²) in [6, 6.07) is 18.9. The SMILES string of the molecule is CC1(C)O[C@H]2O[C@@](COCc3ccccc3)(COS(C)(=O)=O)[C@@](CO)(OCc3ccccc3)[C@H]2O1. The average Bonchev–Trinajstić information content (AvgIpc) is 3.24. The third-order valence-electron chi connectivity index (χ3n) is 6.16. The minimum atomic E-state index is -3.85. The molecule has 10 heteroatoms. The van der Waals surface area contributed by atoms with Crippen LogP contribution in [0.3, 0.4) is 0 Å². The lowest BCUT2D eigenvalue weighted by atomic mass is 9.81. The van der Waals surface area contributed by atoms with Gasteiger partial charge in [-0.1, -0.05) is 60.7 Å². The predicted octanol–water partition coefficient (Wildman–Crippen LogP) is 2.37. The molecule has 2 heterocycles. The monoisotopic (exact) mass is 508 g/mol. The van der Waals surface area contributed by atoms with Crippen molar-refractivity contribution in [1.82, 2.24) is 0 Å². The molecular formula is C25H32O9S. The van der Waals surface area contributed by atoms with Gasteiger partial charge in [-0.05, 0) is 25.0 Å². The Morgan fingerprint density at radius 2 is 1.49 bits per heavy atom. The highest BCUT2D eigenvalue weighted by molar-refractivity contribution is 7.85. The third kappa shape index (κ3) is 5.76. The van der Waals surface area contributed by atoms with E-state index in [1.165, 1.54) is 0 Å². The van der Waals surface area contributed by atoms with Crippen molar-refractivity contribution in [3.05, 3.63) is 71.8 Å². The molecule has 4 atom stereocenters. The molecule has 4 rings (SSSR count). The molecule has 35 heavy (non-hydrogen) atoms. The summed E-state index contributed by atoms with van der Waals surface area (Å²) in [5.41, 5.74) is -1.34. The van der Waals surface area contributed by atoms with Crippen molar-refractivity contribution >= 4 is 10.1 Å². The number of hydrogen-bond donors (Lipinski definition) is 1. The minimum absolute atomic E-state index is 0.108. The van der Waals surface area contributed by atoms with Gasteiger partial charge in [0.25, 0.3) is 10.1 Å². The molecule has 0 radical (unpaired) electrons. The second-order valence-corrected chi connectivity index (χ2v) is 10.9. The second kappa shape index (κ2) is 10.2. The van der Waals surface area contributed by atoms with Crippen LogP contribution in [0.15, 0.2) is 60.7 Å². The summed E-state index contributed by atoms with van der Waals surface area (Å²) in [6.45, 7) is 2.64. The first-order valence-electron chi connectivity index (χ1n) is 11.4. The Balaban J connectivity index is 1.67. The summed E-state index contributed by atoms with van der Waals surface area (Å²) in [6.07, 6.45) is -0.853. The lowest BCUT2D eigenvalue weighted by Crippen LogP contribution is -2.65. The standard InChI is InChI=1S/C25H32O9S/c1-23(2)32-21-22(33-23)34-24(18-31-35(3,27)28,17-29-14-19-10-6-4-7-11-19)25(21,16-26)30-15-20-12-8-5-9-13-20/h4-13,21-22,26H,14-18H2,1-3H3/t21-,22-,24-,25-/m0/s1. The van der Waals surface area contributed by atoms with Gasteiger partial charge in [-0.3, -0.25) is 4.18 Å². The van der Waals surface area contributed by atoms with Gasteiger partial charge in [0.1, 0.15) is 12.7 Å². The highest BCUT2D eigenvalue weighted by Crippen LogP contribution is 2.51. The van der Waals surface area contributed by atoms with Gasteiger partial charge in [0.2, 0.25) is 0 Å². The van der Waals surface area contributed by atoms with E-state index in [9.17, 15) is 13.5 Å². The van der Waals surface area contributed by atoms with Gasteiger partial charge < -0.3 is 28.8 Å². The first-order valence-corrected chi connectivity index (χ1v) is 13.2. The van der Waals surface area contributed by atoms with Crippen LogP contribution in [0.5, 0.6) is 0 Å². The number of ether oxygens (including phenoxy) is 5. The summed E-state index contributed by atoms with van der Waals surface area (Å²) >= 11 is 0. The second-order valence-electron chi connectivity index (χ2n) is 9.30. The third-order valence-corrected chi connectivity index (χ3v) is 6.70. The smallest absolute Gasteiger partial charge is 0.264 e. The van der Waals surface area contributed by atoms with Crippen LogP contribution in [-0.2, 0) is 51.2 Å². The van der Waals surface area contributed by atoms with Crippen LogP contribution in [0.2, 0.25) is 0 Å². The zero-order valence-electron chi connectivity index (χ0n) is 20.1. The fourth-order valence-electron chi connectivity index (χ4n) is 4.46. The lowest BCUT2D eigenvalue weighted by molar-refractivity contribution is -0.291. The quantitative estimate of drug-likeness (QED) is 0.458. The van der Waals surface area contributed by atoms with Gasteiger partial charge in [0.15, 0.2) is 23.3 Å². The van der Waals surface area contributed by atoms with Crippen LogP contribution in [0.25, 0.3) is 0 Å². The van der Waals surface area contributed by atoms with Crippen LogP contribution in [-0.4, -0.2) is 69.0 Å². The highest BCUT2D eigenvalue weighted by atomic mass is 32.2. The molecule has 2 aliphatic rings. The maximum Gasteiger partial charge on any atom is 0.264 e. The van der Waals surface area contributed by atoms with Gasteiger partial charge >= 0.3 is 0 Å². The molecule has 0 bridgehead atoms. The van der Waals surface area contributed by atoms with Gasteiger partial charge in [0, 0.05) is 0 Å². The van der Waals surface area contributed by atoms with Crippen molar-refractivity contribution in [1.29, 1.82) is 0 Å². The number of fused-ring (bicyclic) bond motifs is 1. The maximum atomic E-state index is 12.0. The molecule has 9 nitrogen and oxygen atoms in total. The first-order chi connectivity index (χ1) is 16.6. The molecule has 0 aliphatic carbocycles. The van der Waals surface area contributed by atoms with Crippen molar-refractivity contribution in [2.24, 2.45) is 0 Å². The fraction of sp³-hybridized carbons (Fsp3) is 0.520. The lowest BCUT2D eigenvalue weighted by Gasteiger charge is -2.44. The zero-order valence-corrected chi connectivity index (χ0v) is 20.9. The van der Waals surface area contributed by atoms with Crippen LogP contribution >= 0.6 is 0 Å². The van der Waals surface area contributed by atoms with Crippen LogP contribution in [0, 0.1) is 0 Å². The molecular weight excluding hydrogens is 476 g/mol. The minimum Gasteiger partial charge on any atom is -0.393 e. The van der Waals surface area contributed by atoms with Gasteiger partial charge in [0.05, 0.1) is 32.7 Å². The average molecular weight is 509 g/mol. The molecule has 0 aromatic heterocycles. The summed E-state index contributed by atoms with van der Waals surface area (Å²) < 4.78 is 59.9. The first kappa shape index (κ1) is 26.2. The largest absolute Gasteiger partial charge is 0.393 e. The van der Waals surface area contributed by atoms with Crippen molar-refractivity contribution in [3.63, 3.8) is 0 Å². The molecule has 2 aromatic rings. The zero-order chi connectivity index (χ0) is 25.2. The van der Waals surface area contributed by atoms with E-state index in [1.807, 2.05) is 60.7 Å². The number of benzene rings is 2. The Morgan fingerprint density at radius 3 is 2.06 bits per heavy atom. The van der Waals surface area contributed by atoms with Gasteiger partial charge in [-0.15, -0.1) is 0 Å². The van der Waals surface area contributed by atoms with E-state index in [1.54, 1.807) is 13.8 Å². The molecule has 1 N–H and O–H groups in total. The molecule has 2 aromatic carbocycles. The topological polar surface area (TPSA) is 110 Å². The van der Waals surface area contributed by atoms with Crippen molar-refractivity contribution in [2.45, 2.75) is 56.4 Å². The Hall–Kier alpha value is -1.89. The summed E-state index contributed by atoms with van der Waals surface area (Å²) in [7, 11) is -3.85. The molecule has 0 amide bonds. The van der Waals surface area contributed by atoms with Gasteiger partial charge in [-0.25, -0.2) is 0 Å². The van der Waals surface area contributed by atoms with Crippen LogP contribution in [0.1, 0.15) is 25.0 Å². The number of aliphatic hydroxyl groups is 1. The Labute approximate surface area is 206 Å². The highest BCUT2D eigenvalue weighted by Gasteiger charge is 2.72. The summed E-state index contributed by atoms with van der Waals surface area (Å²) in [5, 5.41) is 10.8. The van der Waals surface area contributed by atoms with E-state index in [0.717, 1.165) is 17.4 Å². The molecule has 0 saturated carbocycles. The normalized spacial score (nSPS) is 29.8. The number of rotatable bonds is 11. The van der Waals surface area contributed by atoms with E-state index in [4.69, 9.17) is 27.9 Å². The van der Waals surface area contributed by atoms with Crippen molar-refractivity contribution < 1.29 is 41.4 Å². The molecule has 0 unspecified atom stereocenters. The molecule has 2 fully saturated rings. The Kier molecular flexibility index (Phi) is 7.65. The van der Waals surface area contributed by atoms with E-state index in [2.05, 4.69) is 0 Å². The molecule has 0 spiro atoms. The van der Waals surface area contributed by atoms with E-state index in [0.29, 0.717) is 0 Å². The van der Waals surface area contributed by atoms with E-state index < -0.39 is 52.7 Å². The van der Waals surface area contributed by atoms with E-state index >= 15 is 0 Å². The Morgan fingerprint density at radius 1 is 0.886 bits per heavy atom. The molecule has 2 aliphatic heterocycles. The number of aliphatic hydroxyl groups excluding tert-OH is 1. The predicted molar refractivity (Wildman–Crippen MR) is 126 cm³/mol. The molecule has 2 saturated heterocycles. The maximum absolute atomic E-state index is 12.0. The number of hydrogen-bond acceptors (Lipinski definition) is 9. The van der Waals surface area contributed by atoms with Crippen LogP contribution < -0.4 is 0 Å². The van der Waals surface area contributed by atoms with Crippen molar-refractivity contribution in [3.8, 4) is 0 Å². The summed E-state index contributed by atoms with van der Waals surface area (Å²) in [4.78, 5) is 0. The fourth-order valence-corrected chi connectivity index (χ4v) is 4.86. The van der Waals surface area contributed by atoms with E-state index in [-0.39, 0.29) is 19.8 Å².